The summed E-state index contributed by atoms with van der Waals surface area (Å²) in [5, 5.41) is 3.59. The van der Waals surface area contributed by atoms with Gasteiger partial charge >= 0.3 is 0 Å². The molecular weight excluding hydrogens is 252 g/mol. The van der Waals surface area contributed by atoms with Crippen LogP contribution in [0.2, 0.25) is 0 Å². The van der Waals surface area contributed by atoms with Gasteiger partial charge in [0, 0.05) is 32.7 Å². The van der Waals surface area contributed by atoms with Crippen molar-refractivity contribution in [2.24, 2.45) is 0 Å². The molecule has 1 saturated carbocycles. The van der Waals surface area contributed by atoms with Crippen molar-refractivity contribution in [1.29, 1.82) is 0 Å². The first kappa shape index (κ1) is 17.4. The van der Waals surface area contributed by atoms with Crippen LogP contribution in [0, 0.1) is 0 Å². The van der Waals surface area contributed by atoms with Crippen molar-refractivity contribution in [3.05, 3.63) is 0 Å². The summed E-state index contributed by atoms with van der Waals surface area (Å²) in [5.41, 5.74) is 0. The summed E-state index contributed by atoms with van der Waals surface area (Å²) in [6.45, 7) is 5.32. The first-order valence-corrected chi connectivity index (χ1v) is 8.10. The highest BCUT2D eigenvalue weighted by atomic mass is 16.5. The van der Waals surface area contributed by atoms with Crippen molar-refractivity contribution < 1.29 is 9.53 Å². The fraction of sp³-hybridized carbons (Fsp3) is 0.938. The van der Waals surface area contributed by atoms with Crippen LogP contribution in [0.4, 0.5) is 0 Å². The first-order valence-electron chi connectivity index (χ1n) is 8.10. The third kappa shape index (κ3) is 5.80. The molecule has 0 saturated heterocycles. The van der Waals surface area contributed by atoms with Crippen LogP contribution in [-0.2, 0) is 9.53 Å². The van der Waals surface area contributed by atoms with Crippen LogP contribution in [0.3, 0.4) is 0 Å². The molecule has 0 bridgehead atoms. The van der Waals surface area contributed by atoms with Crippen LogP contribution in [-0.4, -0.2) is 49.7 Å². The van der Waals surface area contributed by atoms with Crippen LogP contribution >= 0.6 is 0 Å². The minimum atomic E-state index is 0.168. The van der Waals surface area contributed by atoms with Gasteiger partial charge in [0.15, 0.2) is 0 Å². The maximum atomic E-state index is 12.2. The predicted molar refractivity (Wildman–Crippen MR) is 82.8 cm³/mol. The molecule has 1 amide bonds. The Morgan fingerprint density at radius 3 is 2.55 bits per heavy atom. The molecule has 1 aliphatic rings. The quantitative estimate of drug-likeness (QED) is 0.745. The molecule has 4 nitrogen and oxygen atoms in total. The molecule has 0 aromatic heterocycles. The topological polar surface area (TPSA) is 41.6 Å². The van der Waals surface area contributed by atoms with Gasteiger partial charge in [-0.3, -0.25) is 4.79 Å². The third-order valence-corrected chi connectivity index (χ3v) is 4.49. The molecule has 1 rings (SSSR count). The molecule has 20 heavy (non-hydrogen) atoms. The zero-order valence-corrected chi connectivity index (χ0v) is 13.7. The van der Waals surface area contributed by atoms with Gasteiger partial charge < -0.3 is 15.0 Å². The Balaban J connectivity index is 2.27. The van der Waals surface area contributed by atoms with Crippen molar-refractivity contribution in [2.45, 2.75) is 77.0 Å². The third-order valence-electron chi connectivity index (χ3n) is 4.49. The predicted octanol–water partition coefficient (Wildman–Crippen LogP) is 2.57. The molecule has 1 atom stereocenters. The smallest absolute Gasteiger partial charge is 0.222 e. The number of ether oxygens (including phenoxy) is 1. The highest BCUT2D eigenvalue weighted by molar-refractivity contribution is 5.76. The summed E-state index contributed by atoms with van der Waals surface area (Å²) in [4.78, 5) is 14.1. The lowest BCUT2D eigenvalue weighted by atomic mass is 9.90. The van der Waals surface area contributed by atoms with Gasteiger partial charge in [0.2, 0.25) is 5.91 Å². The molecule has 0 aromatic rings. The summed E-state index contributed by atoms with van der Waals surface area (Å²) < 4.78 is 5.20. The van der Waals surface area contributed by atoms with Gasteiger partial charge in [-0.05, 0) is 52.0 Å². The van der Waals surface area contributed by atoms with Gasteiger partial charge in [-0.1, -0.05) is 6.92 Å². The van der Waals surface area contributed by atoms with Crippen molar-refractivity contribution in [2.75, 3.05) is 20.7 Å². The zero-order chi connectivity index (χ0) is 15.0. The Morgan fingerprint density at radius 1 is 1.35 bits per heavy atom. The molecule has 0 spiro atoms. The maximum absolute atomic E-state index is 12.2. The van der Waals surface area contributed by atoms with E-state index >= 15 is 0 Å². The van der Waals surface area contributed by atoms with E-state index < -0.39 is 0 Å². The highest BCUT2D eigenvalue weighted by Crippen LogP contribution is 2.23. The average Bonchev–Trinajstić information content (AvgIpc) is 2.49. The van der Waals surface area contributed by atoms with Crippen molar-refractivity contribution in [3.63, 3.8) is 0 Å². The number of methoxy groups -OCH3 is 1. The molecule has 0 heterocycles. The van der Waals surface area contributed by atoms with Crippen LogP contribution < -0.4 is 5.32 Å². The van der Waals surface area contributed by atoms with E-state index in [9.17, 15) is 4.79 Å². The lowest BCUT2D eigenvalue weighted by Gasteiger charge is -2.35. The van der Waals surface area contributed by atoms with E-state index in [1.807, 2.05) is 18.9 Å². The van der Waals surface area contributed by atoms with Gasteiger partial charge in [-0.15, -0.1) is 0 Å². The number of amides is 1. The van der Waals surface area contributed by atoms with Crippen molar-refractivity contribution >= 4 is 5.91 Å². The zero-order valence-electron chi connectivity index (χ0n) is 13.7. The van der Waals surface area contributed by atoms with E-state index in [-0.39, 0.29) is 12.0 Å². The highest BCUT2D eigenvalue weighted by Gasteiger charge is 2.26. The largest absolute Gasteiger partial charge is 0.382 e. The van der Waals surface area contributed by atoms with E-state index in [1.54, 1.807) is 7.11 Å². The summed E-state index contributed by atoms with van der Waals surface area (Å²) >= 11 is 0. The fourth-order valence-corrected chi connectivity index (χ4v) is 2.84. The second kappa shape index (κ2) is 9.35. The van der Waals surface area contributed by atoms with E-state index in [0.717, 1.165) is 25.8 Å². The minimum absolute atomic E-state index is 0.168. The normalized spacial score (nSPS) is 24.4. The molecule has 0 radical (unpaired) electrons. The Labute approximate surface area is 124 Å². The maximum Gasteiger partial charge on any atom is 0.222 e. The van der Waals surface area contributed by atoms with Crippen LogP contribution in [0.5, 0.6) is 0 Å². The summed E-state index contributed by atoms with van der Waals surface area (Å²) in [7, 11) is 3.66. The molecule has 4 heteroatoms. The Morgan fingerprint density at radius 2 is 2.00 bits per heavy atom. The van der Waals surface area contributed by atoms with Gasteiger partial charge in [-0.2, -0.15) is 0 Å². The Kier molecular flexibility index (Phi) is 8.15. The second-order valence-electron chi connectivity index (χ2n) is 6.05. The number of hydrogen-bond donors (Lipinski definition) is 1. The van der Waals surface area contributed by atoms with Crippen molar-refractivity contribution in [1.82, 2.24) is 10.2 Å². The molecule has 1 N–H and O–H groups in total. The number of hydrogen-bond acceptors (Lipinski definition) is 3. The van der Waals surface area contributed by atoms with Crippen LogP contribution in [0.15, 0.2) is 0 Å². The number of nitrogens with zero attached hydrogens (tertiary/aromatic N) is 1. The molecular formula is C16H32N2O2. The fourth-order valence-electron chi connectivity index (χ4n) is 2.84. The lowest BCUT2D eigenvalue weighted by Crippen LogP contribution is -2.43. The number of carbonyl (C=O) groups excluding carboxylic acids is 1. The van der Waals surface area contributed by atoms with Crippen molar-refractivity contribution in [3.8, 4) is 0 Å². The molecule has 1 fully saturated rings. The minimum Gasteiger partial charge on any atom is -0.382 e. The van der Waals surface area contributed by atoms with E-state index in [2.05, 4.69) is 12.2 Å². The van der Waals surface area contributed by atoms with Gasteiger partial charge in [0.05, 0.1) is 6.10 Å². The van der Waals surface area contributed by atoms with E-state index in [4.69, 9.17) is 4.74 Å². The molecule has 0 aromatic carbocycles. The summed E-state index contributed by atoms with van der Waals surface area (Å²) in [5.74, 6) is 0.263. The number of carbonyl (C=O) groups is 1. The molecule has 118 valence electrons. The van der Waals surface area contributed by atoms with Gasteiger partial charge in [0.25, 0.3) is 0 Å². The number of rotatable bonds is 8. The summed E-state index contributed by atoms with van der Waals surface area (Å²) in [6.07, 6.45) is 7.41. The van der Waals surface area contributed by atoms with Crippen LogP contribution in [0.25, 0.3) is 0 Å². The van der Waals surface area contributed by atoms with E-state index in [0.29, 0.717) is 18.5 Å². The van der Waals surface area contributed by atoms with Gasteiger partial charge in [0.1, 0.15) is 0 Å². The second-order valence-corrected chi connectivity index (χ2v) is 6.05. The monoisotopic (exact) mass is 284 g/mol. The number of nitrogens with one attached hydrogen (secondary N) is 1. The summed E-state index contributed by atoms with van der Waals surface area (Å²) in [6, 6.07) is 1.09. The van der Waals surface area contributed by atoms with Crippen LogP contribution in [0.1, 0.15) is 58.8 Å². The Bertz CT molecular complexity index is 276. The molecule has 1 aliphatic carbocycles. The molecule has 0 aliphatic heterocycles. The standard InChI is InChI=1S/C16H32N2O2/c1-5-12-17-14-7-9-15(10-8-14)18(3)16(19)11-6-13(2)20-4/h13-15,17H,5-12H2,1-4H3. The lowest BCUT2D eigenvalue weighted by molar-refractivity contribution is -0.133. The first-order chi connectivity index (χ1) is 9.58. The SMILES string of the molecule is CCCNC1CCC(N(C)C(=O)CCC(C)OC)CC1. The molecule has 1 unspecified atom stereocenters. The van der Waals surface area contributed by atoms with E-state index in [1.165, 1.54) is 19.3 Å². The Hall–Kier alpha value is -0.610. The average molecular weight is 284 g/mol. The van der Waals surface area contributed by atoms with Gasteiger partial charge in [-0.25, -0.2) is 0 Å².